The monoisotopic (exact) mass is 281 g/mol. The van der Waals surface area contributed by atoms with Crippen molar-refractivity contribution in [2.75, 3.05) is 6.54 Å². The summed E-state index contributed by atoms with van der Waals surface area (Å²) in [6, 6.07) is 0. The molecule has 0 aromatic rings. The van der Waals surface area contributed by atoms with Gasteiger partial charge in [-0.2, -0.15) is 0 Å². The molecular formula is C16H27NO3. The highest BCUT2D eigenvalue weighted by atomic mass is 16.5. The SMILES string of the molecule is C=C(C)C(=O)NCC(=O)OC1CC(C)CCC1C(C)C. The predicted molar refractivity (Wildman–Crippen MR) is 79.0 cm³/mol. The minimum Gasteiger partial charge on any atom is -0.461 e. The number of carbonyl (C=O) groups excluding carboxylic acids is 2. The molecule has 20 heavy (non-hydrogen) atoms. The van der Waals surface area contributed by atoms with Gasteiger partial charge < -0.3 is 10.1 Å². The van der Waals surface area contributed by atoms with Gasteiger partial charge in [0, 0.05) is 5.57 Å². The van der Waals surface area contributed by atoms with Crippen molar-refractivity contribution in [2.24, 2.45) is 17.8 Å². The molecule has 1 rings (SSSR count). The van der Waals surface area contributed by atoms with Gasteiger partial charge in [-0.3, -0.25) is 9.59 Å². The minimum atomic E-state index is -0.357. The molecule has 1 fully saturated rings. The third-order valence-corrected chi connectivity index (χ3v) is 4.03. The van der Waals surface area contributed by atoms with Gasteiger partial charge in [0.25, 0.3) is 0 Å². The van der Waals surface area contributed by atoms with Crippen LogP contribution in [0.1, 0.15) is 47.0 Å². The van der Waals surface area contributed by atoms with Crippen molar-refractivity contribution in [1.29, 1.82) is 0 Å². The van der Waals surface area contributed by atoms with E-state index in [1.54, 1.807) is 6.92 Å². The Morgan fingerprint density at radius 1 is 1.35 bits per heavy atom. The molecule has 0 saturated heterocycles. The topological polar surface area (TPSA) is 55.4 Å². The summed E-state index contributed by atoms with van der Waals surface area (Å²) in [4.78, 5) is 23.2. The molecule has 0 aromatic heterocycles. The molecule has 1 saturated carbocycles. The van der Waals surface area contributed by atoms with Crippen molar-refractivity contribution in [1.82, 2.24) is 5.32 Å². The summed E-state index contributed by atoms with van der Waals surface area (Å²) in [5, 5.41) is 2.51. The molecule has 3 atom stereocenters. The molecular weight excluding hydrogens is 254 g/mol. The highest BCUT2D eigenvalue weighted by molar-refractivity contribution is 5.94. The van der Waals surface area contributed by atoms with Crippen molar-refractivity contribution in [3.63, 3.8) is 0 Å². The summed E-state index contributed by atoms with van der Waals surface area (Å²) >= 11 is 0. The fourth-order valence-electron chi connectivity index (χ4n) is 2.76. The van der Waals surface area contributed by atoms with E-state index in [4.69, 9.17) is 4.74 Å². The van der Waals surface area contributed by atoms with Gasteiger partial charge in [0.2, 0.25) is 5.91 Å². The van der Waals surface area contributed by atoms with Crippen molar-refractivity contribution >= 4 is 11.9 Å². The Balaban J connectivity index is 2.49. The lowest BCUT2D eigenvalue weighted by molar-refractivity contribution is -0.155. The molecule has 1 N–H and O–H groups in total. The summed E-state index contributed by atoms with van der Waals surface area (Å²) in [5.74, 6) is 0.855. The van der Waals surface area contributed by atoms with Crippen molar-refractivity contribution in [2.45, 2.75) is 53.1 Å². The maximum Gasteiger partial charge on any atom is 0.325 e. The van der Waals surface area contributed by atoms with Crippen LogP contribution in [0.5, 0.6) is 0 Å². The Bertz CT molecular complexity index is 376. The molecule has 1 aliphatic carbocycles. The molecule has 3 unspecified atom stereocenters. The Hall–Kier alpha value is -1.32. The maximum atomic E-state index is 11.8. The van der Waals surface area contributed by atoms with E-state index in [1.165, 1.54) is 6.42 Å². The van der Waals surface area contributed by atoms with Crippen LogP contribution in [0.3, 0.4) is 0 Å². The van der Waals surface area contributed by atoms with Gasteiger partial charge in [-0.05, 0) is 37.5 Å². The Morgan fingerprint density at radius 3 is 2.55 bits per heavy atom. The first kappa shape index (κ1) is 16.7. The van der Waals surface area contributed by atoms with Crippen LogP contribution >= 0.6 is 0 Å². The quantitative estimate of drug-likeness (QED) is 0.622. The fourth-order valence-corrected chi connectivity index (χ4v) is 2.76. The van der Waals surface area contributed by atoms with Crippen LogP contribution in [-0.4, -0.2) is 24.5 Å². The van der Waals surface area contributed by atoms with E-state index in [1.807, 2.05) is 0 Å². The van der Waals surface area contributed by atoms with Gasteiger partial charge in [-0.1, -0.05) is 33.8 Å². The fraction of sp³-hybridized carbons (Fsp3) is 0.750. The molecule has 0 bridgehead atoms. The predicted octanol–water partition coefficient (Wildman–Crippen LogP) is 2.68. The molecule has 4 heteroatoms. The number of ether oxygens (including phenoxy) is 1. The van der Waals surface area contributed by atoms with Crippen LogP contribution < -0.4 is 5.32 Å². The normalized spacial score (nSPS) is 26.1. The average Bonchev–Trinajstić information content (AvgIpc) is 2.35. The van der Waals surface area contributed by atoms with Gasteiger partial charge >= 0.3 is 5.97 Å². The highest BCUT2D eigenvalue weighted by Gasteiger charge is 2.33. The zero-order valence-corrected chi connectivity index (χ0v) is 13.1. The van der Waals surface area contributed by atoms with E-state index in [2.05, 4.69) is 32.7 Å². The standard InChI is InChI=1S/C16H27NO3/c1-10(2)13-7-6-12(5)8-14(13)20-15(18)9-17-16(19)11(3)4/h10,12-14H,3,6-9H2,1-2,4-5H3,(H,17,19). The number of rotatable bonds is 5. The van der Waals surface area contributed by atoms with E-state index in [0.29, 0.717) is 23.3 Å². The third kappa shape index (κ3) is 4.99. The molecule has 0 aliphatic heterocycles. The van der Waals surface area contributed by atoms with Crippen LogP contribution in [0.15, 0.2) is 12.2 Å². The zero-order valence-electron chi connectivity index (χ0n) is 13.1. The van der Waals surface area contributed by atoms with Gasteiger partial charge in [-0.25, -0.2) is 0 Å². The molecule has 0 heterocycles. The Kier molecular flexibility index (Phi) is 6.24. The number of amides is 1. The van der Waals surface area contributed by atoms with E-state index < -0.39 is 0 Å². The zero-order chi connectivity index (χ0) is 15.3. The molecule has 1 amide bonds. The van der Waals surface area contributed by atoms with E-state index in [-0.39, 0.29) is 24.5 Å². The summed E-state index contributed by atoms with van der Waals surface area (Å²) in [7, 11) is 0. The lowest BCUT2D eigenvalue weighted by Crippen LogP contribution is -2.39. The highest BCUT2D eigenvalue weighted by Crippen LogP contribution is 2.35. The van der Waals surface area contributed by atoms with Gasteiger partial charge in [0.15, 0.2) is 0 Å². The van der Waals surface area contributed by atoms with Crippen LogP contribution in [0, 0.1) is 17.8 Å². The Labute approximate surface area is 122 Å². The van der Waals surface area contributed by atoms with Crippen LogP contribution in [0.25, 0.3) is 0 Å². The minimum absolute atomic E-state index is 0.0204. The molecule has 0 aromatic carbocycles. The first-order chi connectivity index (χ1) is 9.31. The second-order valence-corrected chi connectivity index (χ2v) is 6.32. The van der Waals surface area contributed by atoms with E-state index >= 15 is 0 Å². The lowest BCUT2D eigenvalue weighted by atomic mass is 9.75. The number of hydrogen-bond donors (Lipinski definition) is 1. The van der Waals surface area contributed by atoms with Gasteiger partial charge in [0.05, 0.1) is 0 Å². The number of nitrogens with one attached hydrogen (secondary N) is 1. The smallest absolute Gasteiger partial charge is 0.325 e. The second-order valence-electron chi connectivity index (χ2n) is 6.32. The molecule has 0 radical (unpaired) electrons. The molecule has 114 valence electrons. The number of hydrogen-bond acceptors (Lipinski definition) is 3. The van der Waals surface area contributed by atoms with Crippen molar-refractivity contribution < 1.29 is 14.3 Å². The first-order valence-electron chi connectivity index (χ1n) is 7.44. The summed E-state index contributed by atoms with van der Waals surface area (Å²) < 4.78 is 5.58. The number of esters is 1. The van der Waals surface area contributed by atoms with Crippen LogP contribution in [0.4, 0.5) is 0 Å². The maximum absolute atomic E-state index is 11.8. The van der Waals surface area contributed by atoms with Crippen LogP contribution in [-0.2, 0) is 14.3 Å². The van der Waals surface area contributed by atoms with Gasteiger partial charge in [-0.15, -0.1) is 0 Å². The van der Waals surface area contributed by atoms with Gasteiger partial charge in [0.1, 0.15) is 12.6 Å². The van der Waals surface area contributed by atoms with E-state index in [0.717, 1.165) is 12.8 Å². The Morgan fingerprint density at radius 2 is 2.00 bits per heavy atom. The largest absolute Gasteiger partial charge is 0.461 e. The summed E-state index contributed by atoms with van der Waals surface area (Å²) in [6.07, 6.45) is 3.20. The third-order valence-electron chi connectivity index (χ3n) is 4.03. The first-order valence-corrected chi connectivity index (χ1v) is 7.44. The average molecular weight is 281 g/mol. The van der Waals surface area contributed by atoms with Crippen molar-refractivity contribution in [3.05, 3.63) is 12.2 Å². The summed E-state index contributed by atoms with van der Waals surface area (Å²) in [6.45, 7) is 11.6. The molecule has 4 nitrogen and oxygen atoms in total. The van der Waals surface area contributed by atoms with Crippen LogP contribution in [0.2, 0.25) is 0 Å². The lowest BCUT2D eigenvalue weighted by Gasteiger charge is -2.36. The van der Waals surface area contributed by atoms with Crippen molar-refractivity contribution in [3.8, 4) is 0 Å². The second kappa shape index (κ2) is 7.46. The van der Waals surface area contributed by atoms with E-state index in [9.17, 15) is 9.59 Å². The molecule has 1 aliphatic rings. The number of carbonyl (C=O) groups is 2. The summed E-state index contributed by atoms with van der Waals surface area (Å²) in [5.41, 5.74) is 0.393. The molecule has 0 spiro atoms.